The van der Waals surface area contributed by atoms with Crippen molar-refractivity contribution in [1.29, 1.82) is 0 Å². The highest BCUT2D eigenvalue weighted by molar-refractivity contribution is 7.47. The van der Waals surface area contributed by atoms with E-state index in [1.807, 2.05) is 6.92 Å². The highest BCUT2D eigenvalue weighted by Gasteiger charge is 2.25. The van der Waals surface area contributed by atoms with Crippen LogP contribution in [0.2, 0.25) is 0 Å². The molecule has 9 heteroatoms. The third-order valence-electron chi connectivity index (χ3n) is 6.18. The van der Waals surface area contributed by atoms with Crippen molar-refractivity contribution in [2.45, 2.75) is 136 Å². The molecule has 2 atom stereocenters. The highest BCUT2D eigenvalue weighted by Crippen LogP contribution is 2.43. The van der Waals surface area contributed by atoms with E-state index in [-0.39, 0.29) is 32.3 Å². The van der Waals surface area contributed by atoms with Gasteiger partial charge in [0.25, 0.3) is 0 Å². The lowest BCUT2D eigenvalue weighted by Crippen LogP contribution is -2.28. The van der Waals surface area contributed by atoms with Crippen LogP contribution >= 0.6 is 7.82 Å². The monoisotopic (exact) mass is 563 g/mol. The van der Waals surface area contributed by atoms with E-state index in [0.717, 1.165) is 25.7 Å². The van der Waals surface area contributed by atoms with E-state index in [2.05, 4.69) is 19.1 Å². The molecule has 0 aromatic heterocycles. The van der Waals surface area contributed by atoms with Crippen LogP contribution in [-0.4, -0.2) is 49.9 Å². The lowest BCUT2D eigenvalue weighted by Gasteiger charge is -2.20. The maximum Gasteiger partial charge on any atom is 0.472 e. The van der Waals surface area contributed by atoms with Crippen LogP contribution in [0.5, 0.6) is 0 Å². The summed E-state index contributed by atoms with van der Waals surface area (Å²) in [6, 6.07) is 0. The summed E-state index contributed by atoms with van der Waals surface area (Å²) in [6.07, 6.45) is 24.7. The summed E-state index contributed by atoms with van der Waals surface area (Å²) in [5, 5.41) is 0. The smallest absolute Gasteiger partial charge is 0.457 e. The van der Waals surface area contributed by atoms with E-state index >= 15 is 0 Å². The average Bonchev–Trinajstić information content (AvgIpc) is 2.90. The summed E-state index contributed by atoms with van der Waals surface area (Å²) in [7, 11) is -4.24. The lowest BCUT2D eigenvalue weighted by molar-refractivity contribution is -0.154. The third-order valence-corrected chi connectivity index (χ3v) is 7.17. The van der Waals surface area contributed by atoms with Gasteiger partial charge in [0.15, 0.2) is 0 Å². The first-order valence-electron chi connectivity index (χ1n) is 15.2. The van der Waals surface area contributed by atoms with Crippen LogP contribution in [0.15, 0.2) is 12.2 Å². The highest BCUT2D eigenvalue weighted by atomic mass is 31.2. The van der Waals surface area contributed by atoms with E-state index in [0.29, 0.717) is 13.0 Å². The van der Waals surface area contributed by atoms with Crippen molar-refractivity contribution in [3.63, 3.8) is 0 Å². The molecule has 0 aliphatic carbocycles. The molecule has 0 fully saturated rings. The SMILES string of the molecule is CCCCCCCCC/C=C\CCCCCCCCOCC(COP(=O)(O)OCCN)OC(=O)CCCC. The maximum absolute atomic E-state index is 12.0. The van der Waals surface area contributed by atoms with Crippen LogP contribution in [0, 0.1) is 0 Å². The molecule has 8 nitrogen and oxygen atoms in total. The molecule has 0 saturated carbocycles. The molecular formula is C29H58NO7P. The van der Waals surface area contributed by atoms with Crippen LogP contribution < -0.4 is 5.73 Å². The van der Waals surface area contributed by atoms with Crippen molar-refractivity contribution in [3.8, 4) is 0 Å². The Morgan fingerprint density at radius 1 is 0.763 bits per heavy atom. The van der Waals surface area contributed by atoms with E-state index in [1.54, 1.807) is 0 Å². The zero-order valence-electron chi connectivity index (χ0n) is 24.4. The normalized spacial score (nSPS) is 14.1. The minimum absolute atomic E-state index is 0.0960. The molecule has 0 rings (SSSR count). The molecule has 0 spiro atoms. The number of carbonyl (C=O) groups is 1. The Morgan fingerprint density at radius 3 is 1.89 bits per heavy atom. The fourth-order valence-electron chi connectivity index (χ4n) is 3.91. The van der Waals surface area contributed by atoms with Gasteiger partial charge in [-0.05, 0) is 38.5 Å². The molecule has 0 aromatic carbocycles. The number of hydrogen-bond acceptors (Lipinski definition) is 7. The number of phosphoric acid groups is 1. The fraction of sp³-hybridized carbons (Fsp3) is 0.897. The molecule has 0 aliphatic rings. The molecular weight excluding hydrogens is 505 g/mol. The molecule has 226 valence electrons. The van der Waals surface area contributed by atoms with E-state index in [9.17, 15) is 14.3 Å². The van der Waals surface area contributed by atoms with Gasteiger partial charge < -0.3 is 20.1 Å². The first-order chi connectivity index (χ1) is 18.4. The average molecular weight is 564 g/mol. The van der Waals surface area contributed by atoms with E-state index in [4.69, 9.17) is 24.3 Å². The van der Waals surface area contributed by atoms with Crippen molar-refractivity contribution in [1.82, 2.24) is 0 Å². The Morgan fingerprint density at radius 2 is 1.32 bits per heavy atom. The lowest BCUT2D eigenvalue weighted by atomic mass is 10.1. The maximum atomic E-state index is 12.0. The number of unbranched alkanes of at least 4 members (excludes halogenated alkanes) is 14. The second kappa shape index (κ2) is 27.8. The van der Waals surface area contributed by atoms with Gasteiger partial charge in [0.2, 0.25) is 0 Å². The number of allylic oxidation sites excluding steroid dienone is 2. The van der Waals surface area contributed by atoms with Crippen molar-refractivity contribution in [2.24, 2.45) is 5.73 Å². The summed E-state index contributed by atoms with van der Waals surface area (Å²) in [5.41, 5.74) is 5.28. The van der Waals surface area contributed by atoms with Gasteiger partial charge in [-0.1, -0.05) is 96.6 Å². The molecule has 3 N–H and O–H groups in total. The summed E-state index contributed by atoms with van der Waals surface area (Å²) >= 11 is 0. The zero-order valence-corrected chi connectivity index (χ0v) is 25.3. The van der Waals surface area contributed by atoms with Gasteiger partial charge in [-0.25, -0.2) is 4.57 Å². The Kier molecular flexibility index (Phi) is 27.2. The second-order valence-corrected chi connectivity index (χ2v) is 11.4. The topological polar surface area (TPSA) is 117 Å². The standard InChI is InChI=1S/C29H58NO7P/c1-3-5-7-8-9-10-11-12-13-14-15-16-17-18-19-20-21-24-34-26-28(37-29(31)22-6-4-2)27-36-38(32,33)35-25-23-30/h13-14,28H,3-12,15-27,30H2,1-2H3,(H,32,33)/b14-13-. The first kappa shape index (κ1) is 37.2. The molecule has 0 aliphatic heterocycles. The van der Waals surface area contributed by atoms with Crippen LogP contribution in [0.4, 0.5) is 0 Å². The molecule has 0 saturated heterocycles. The van der Waals surface area contributed by atoms with Gasteiger partial charge in [-0.15, -0.1) is 0 Å². The number of hydrogen-bond donors (Lipinski definition) is 2. The van der Waals surface area contributed by atoms with Crippen molar-refractivity contribution in [2.75, 3.05) is 33.0 Å². The first-order valence-corrected chi connectivity index (χ1v) is 16.7. The molecule has 0 amide bonds. The largest absolute Gasteiger partial charge is 0.472 e. The quantitative estimate of drug-likeness (QED) is 0.0413. The predicted molar refractivity (Wildman–Crippen MR) is 155 cm³/mol. The van der Waals surface area contributed by atoms with Crippen LogP contribution in [0.3, 0.4) is 0 Å². The van der Waals surface area contributed by atoms with Crippen LogP contribution in [-0.2, 0) is 27.9 Å². The van der Waals surface area contributed by atoms with Gasteiger partial charge in [-0.3, -0.25) is 13.8 Å². The van der Waals surface area contributed by atoms with Gasteiger partial charge >= 0.3 is 13.8 Å². The van der Waals surface area contributed by atoms with Gasteiger partial charge in [-0.2, -0.15) is 0 Å². The third kappa shape index (κ3) is 26.8. The molecule has 0 radical (unpaired) electrons. The minimum Gasteiger partial charge on any atom is -0.457 e. The van der Waals surface area contributed by atoms with E-state index < -0.39 is 13.9 Å². The molecule has 0 aromatic rings. The number of esters is 1. The Balaban J connectivity index is 3.84. The molecule has 0 bridgehead atoms. The van der Waals surface area contributed by atoms with Gasteiger partial charge in [0.1, 0.15) is 6.10 Å². The Bertz CT molecular complexity index is 603. The Labute approximate surface area is 233 Å². The molecule has 0 heterocycles. The van der Waals surface area contributed by atoms with Gasteiger partial charge in [0, 0.05) is 19.6 Å². The number of phosphoric ester groups is 1. The van der Waals surface area contributed by atoms with Crippen molar-refractivity contribution in [3.05, 3.63) is 12.2 Å². The van der Waals surface area contributed by atoms with Crippen molar-refractivity contribution >= 4 is 13.8 Å². The van der Waals surface area contributed by atoms with E-state index in [1.165, 1.54) is 83.5 Å². The molecule has 38 heavy (non-hydrogen) atoms. The Hall–Kier alpha value is -0.760. The summed E-state index contributed by atoms with van der Waals surface area (Å²) in [4.78, 5) is 21.7. The number of rotatable bonds is 29. The predicted octanol–water partition coefficient (Wildman–Crippen LogP) is 7.62. The fourth-order valence-corrected chi connectivity index (χ4v) is 4.67. The number of ether oxygens (including phenoxy) is 2. The summed E-state index contributed by atoms with van der Waals surface area (Å²) in [6.45, 7) is 4.64. The van der Waals surface area contributed by atoms with Crippen LogP contribution in [0.25, 0.3) is 0 Å². The van der Waals surface area contributed by atoms with Crippen molar-refractivity contribution < 1.29 is 32.8 Å². The van der Waals surface area contributed by atoms with Crippen LogP contribution in [0.1, 0.15) is 129 Å². The molecule has 2 unspecified atom stereocenters. The number of nitrogens with two attached hydrogens (primary N) is 1. The van der Waals surface area contributed by atoms with Gasteiger partial charge in [0.05, 0.1) is 19.8 Å². The second-order valence-electron chi connectivity index (χ2n) is 9.97. The summed E-state index contributed by atoms with van der Waals surface area (Å²) in [5.74, 6) is -0.368. The minimum atomic E-state index is -4.24. The summed E-state index contributed by atoms with van der Waals surface area (Å²) < 4.78 is 32.6. The number of carbonyl (C=O) groups excluding carboxylic acids is 1. The zero-order chi connectivity index (χ0) is 28.2.